The second-order valence-corrected chi connectivity index (χ2v) is 8.61. The van der Waals surface area contributed by atoms with Crippen molar-refractivity contribution in [3.63, 3.8) is 0 Å². The average molecular weight is 529 g/mol. The predicted octanol–water partition coefficient (Wildman–Crippen LogP) is 4.71. The first-order valence-electron chi connectivity index (χ1n) is 11.3. The molecule has 2 aromatic carbocycles. The van der Waals surface area contributed by atoms with Crippen LogP contribution in [-0.2, 0) is 14.3 Å². The molecule has 3 rings (SSSR count). The van der Waals surface area contributed by atoms with Crippen LogP contribution in [0.5, 0.6) is 11.5 Å². The summed E-state index contributed by atoms with van der Waals surface area (Å²) in [5.41, 5.74) is 1.50. The van der Waals surface area contributed by atoms with Gasteiger partial charge in [0.2, 0.25) is 5.75 Å². The maximum atomic E-state index is 13.5. The molecule has 0 bridgehead atoms. The highest BCUT2D eigenvalue weighted by Gasteiger charge is 2.28. The highest BCUT2D eigenvalue weighted by Crippen LogP contribution is 2.31. The van der Waals surface area contributed by atoms with E-state index in [-0.39, 0.29) is 22.2 Å². The number of carbonyl (C=O) groups excluding carboxylic acids is 2. The number of halogens is 2. The van der Waals surface area contributed by atoms with Crippen molar-refractivity contribution in [2.45, 2.75) is 38.8 Å². The van der Waals surface area contributed by atoms with Gasteiger partial charge in [-0.2, -0.15) is 0 Å². The van der Waals surface area contributed by atoms with Crippen LogP contribution < -0.4 is 14.8 Å². The lowest BCUT2D eigenvalue weighted by atomic mass is 9.87. The van der Waals surface area contributed by atoms with E-state index >= 15 is 0 Å². The van der Waals surface area contributed by atoms with Gasteiger partial charge in [-0.3, -0.25) is 4.79 Å². The van der Waals surface area contributed by atoms with Crippen LogP contribution in [0.4, 0.5) is 8.78 Å². The number of hydrogen-bond donors (Lipinski definition) is 1. The lowest BCUT2D eigenvalue weighted by Gasteiger charge is -2.27. The van der Waals surface area contributed by atoms with Crippen molar-refractivity contribution in [2.24, 2.45) is 0 Å². The lowest BCUT2D eigenvalue weighted by molar-refractivity contribution is -0.150. The Hall–Kier alpha value is -3.92. The van der Waals surface area contributed by atoms with Crippen molar-refractivity contribution < 1.29 is 32.6 Å². The van der Waals surface area contributed by atoms with Gasteiger partial charge in [0.1, 0.15) is 34.5 Å². The van der Waals surface area contributed by atoms with Gasteiger partial charge in [-0.25, -0.2) is 18.6 Å². The Morgan fingerprint density at radius 2 is 1.49 bits per heavy atom. The molecular weight excluding hydrogens is 502 g/mol. The summed E-state index contributed by atoms with van der Waals surface area (Å²) in [6, 6.07) is 12.2. The topological polar surface area (TPSA) is 86.8 Å². The molecule has 0 unspecified atom stereocenters. The molecule has 1 aromatic heterocycles. The number of thiocarbonyl (C=S) groups is 1. The van der Waals surface area contributed by atoms with Crippen LogP contribution in [0, 0.1) is 11.6 Å². The fourth-order valence-corrected chi connectivity index (χ4v) is 4.07. The van der Waals surface area contributed by atoms with Gasteiger partial charge in [0.15, 0.2) is 5.75 Å². The summed E-state index contributed by atoms with van der Waals surface area (Å²) in [5, 5.41) is 2.85. The highest BCUT2D eigenvalue weighted by molar-refractivity contribution is 7.80. The molecule has 0 amide bonds. The third-order valence-electron chi connectivity index (χ3n) is 5.48. The molecule has 0 aliphatic carbocycles. The number of nitrogens with zero attached hydrogens (tertiary/aromatic N) is 1. The molecule has 37 heavy (non-hydrogen) atoms. The number of aromatic nitrogens is 1. The Labute approximate surface area is 218 Å². The van der Waals surface area contributed by atoms with Gasteiger partial charge in [-0.15, -0.1) is 0 Å². The molecule has 0 spiro atoms. The zero-order valence-electron chi connectivity index (χ0n) is 20.7. The molecule has 1 heterocycles. The van der Waals surface area contributed by atoms with Gasteiger partial charge >= 0.3 is 11.9 Å². The molecule has 0 saturated carbocycles. The van der Waals surface area contributed by atoms with E-state index in [1.54, 1.807) is 38.1 Å². The molecule has 0 aliphatic rings. The Morgan fingerprint density at radius 3 is 1.97 bits per heavy atom. The third-order valence-corrected chi connectivity index (χ3v) is 5.79. The zero-order chi connectivity index (χ0) is 27.1. The maximum Gasteiger partial charge on any atom is 0.328 e. The first-order chi connectivity index (χ1) is 17.6. The van der Waals surface area contributed by atoms with Crippen molar-refractivity contribution in [3.05, 3.63) is 89.2 Å². The van der Waals surface area contributed by atoms with Crippen LogP contribution in [0.3, 0.4) is 0 Å². The standard InChI is InChI=1S/C27H26F2N2O5S/c1-15(31-26(37)24-25(36-17(3)32)22(34-4)13-14-30-24)27(33)35-16(2)23(18-5-9-20(28)10-6-18)19-7-11-21(29)12-8-19/h5-16,23H,1-4H3,(H,31,37)/t15-,16-/m0/s1. The molecule has 3 aromatic rings. The van der Waals surface area contributed by atoms with Crippen LogP contribution in [0.1, 0.15) is 43.5 Å². The summed E-state index contributed by atoms with van der Waals surface area (Å²) < 4.78 is 43.3. The summed E-state index contributed by atoms with van der Waals surface area (Å²) in [5.74, 6) is -2.25. The Kier molecular flexibility index (Phi) is 9.24. The molecule has 2 atom stereocenters. The van der Waals surface area contributed by atoms with Gasteiger partial charge in [0, 0.05) is 25.1 Å². The summed E-state index contributed by atoms with van der Waals surface area (Å²) in [6.07, 6.45) is 0.726. The van der Waals surface area contributed by atoms with E-state index in [2.05, 4.69) is 10.3 Å². The number of benzene rings is 2. The average Bonchev–Trinajstić information content (AvgIpc) is 2.86. The number of hydrogen-bond acceptors (Lipinski definition) is 7. The van der Waals surface area contributed by atoms with E-state index in [0.29, 0.717) is 11.1 Å². The lowest BCUT2D eigenvalue weighted by Crippen LogP contribution is -2.41. The Balaban J connectivity index is 1.78. The van der Waals surface area contributed by atoms with Crippen molar-refractivity contribution in [1.29, 1.82) is 0 Å². The number of nitrogens with one attached hydrogen (secondary N) is 1. The zero-order valence-corrected chi connectivity index (χ0v) is 21.5. The van der Waals surface area contributed by atoms with Crippen molar-refractivity contribution in [1.82, 2.24) is 10.3 Å². The molecule has 1 N–H and O–H groups in total. The number of pyridine rings is 1. The van der Waals surface area contributed by atoms with Crippen molar-refractivity contribution in [3.8, 4) is 11.5 Å². The fraction of sp³-hybridized carbons (Fsp3) is 0.259. The van der Waals surface area contributed by atoms with E-state index < -0.39 is 41.6 Å². The minimum absolute atomic E-state index is 0.0246. The summed E-state index contributed by atoms with van der Waals surface area (Å²) >= 11 is 5.41. The van der Waals surface area contributed by atoms with E-state index in [1.165, 1.54) is 50.6 Å². The van der Waals surface area contributed by atoms with E-state index in [1.807, 2.05) is 0 Å². The largest absolute Gasteiger partial charge is 0.493 e. The van der Waals surface area contributed by atoms with Gasteiger partial charge in [0.25, 0.3) is 0 Å². The molecular formula is C27H26F2N2O5S. The second kappa shape index (κ2) is 12.4. The molecule has 10 heteroatoms. The van der Waals surface area contributed by atoms with Crippen molar-refractivity contribution >= 4 is 29.1 Å². The number of esters is 2. The fourth-order valence-electron chi connectivity index (χ4n) is 3.75. The normalized spacial score (nSPS) is 12.4. The molecule has 0 saturated heterocycles. The third kappa shape index (κ3) is 7.07. The molecule has 194 valence electrons. The predicted molar refractivity (Wildman–Crippen MR) is 137 cm³/mol. The quantitative estimate of drug-likeness (QED) is 0.316. The SMILES string of the molecule is COc1ccnc(C(=S)N[C@@H](C)C(=O)O[C@@H](C)C(c2ccc(F)cc2)c2ccc(F)cc2)c1OC(C)=O. The van der Waals surface area contributed by atoms with E-state index in [4.69, 9.17) is 26.4 Å². The minimum Gasteiger partial charge on any atom is -0.493 e. The van der Waals surface area contributed by atoms with Crippen LogP contribution >= 0.6 is 12.2 Å². The number of methoxy groups -OCH3 is 1. The maximum absolute atomic E-state index is 13.5. The second-order valence-electron chi connectivity index (χ2n) is 8.20. The molecule has 0 aliphatic heterocycles. The van der Waals surface area contributed by atoms with Gasteiger partial charge in [-0.05, 0) is 49.2 Å². The summed E-state index contributed by atoms with van der Waals surface area (Å²) in [7, 11) is 1.41. The number of ether oxygens (including phenoxy) is 3. The van der Waals surface area contributed by atoms with Crippen LogP contribution in [-0.4, -0.2) is 41.2 Å². The van der Waals surface area contributed by atoms with E-state index in [0.717, 1.165) is 0 Å². The van der Waals surface area contributed by atoms with Gasteiger partial charge < -0.3 is 19.5 Å². The van der Waals surface area contributed by atoms with Crippen LogP contribution in [0.15, 0.2) is 60.8 Å². The Bertz CT molecular complexity index is 1220. The molecule has 0 radical (unpaired) electrons. The van der Waals surface area contributed by atoms with Crippen LogP contribution in [0.2, 0.25) is 0 Å². The molecule has 7 nitrogen and oxygen atoms in total. The summed E-state index contributed by atoms with van der Waals surface area (Å²) in [6.45, 7) is 4.48. The van der Waals surface area contributed by atoms with Gasteiger partial charge in [-0.1, -0.05) is 36.5 Å². The highest BCUT2D eigenvalue weighted by atomic mass is 32.1. The monoisotopic (exact) mass is 528 g/mol. The van der Waals surface area contributed by atoms with Gasteiger partial charge in [0.05, 0.1) is 7.11 Å². The smallest absolute Gasteiger partial charge is 0.328 e. The Morgan fingerprint density at radius 1 is 0.946 bits per heavy atom. The summed E-state index contributed by atoms with van der Waals surface area (Å²) in [4.78, 5) is 28.7. The van der Waals surface area contributed by atoms with Crippen molar-refractivity contribution in [2.75, 3.05) is 7.11 Å². The first-order valence-corrected chi connectivity index (χ1v) is 11.7. The van der Waals surface area contributed by atoms with Crippen LogP contribution in [0.25, 0.3) is 0 Å². The minimum atomic E-state index is -0.907. The first kappa shape index (κ1) is 27.7. The molecule has 0 fully saturated rings. The number of carbonyl (C=O) groups is 2. The van der Waals surface area contributed by atoms with E-state index in [9.17, 15) is 18.4 Å². The number of rotatable bonds is 9.